The summed E-state index contributed by atoms with van der Waals surface area (Å²) >= 11 is 6.18. The van der Waals surface area contributed by atoms with E-state index in [0.717, 1.165) is 12.2 Å². The first kappa shape index (κ1) is 12.2. The van der Waals surface area contributed by atoms with Crippen molar-refractivity contribution < 1.29 is 0 Å². The van der Waals surface area contributed by atoms with Crippen molar-refractivity contribution in [3.8, 4) is 0 Å². The van der Waals surface area contributed by atoms with Gasteiger partial charge in [-0.3, -0.25) is 0 Å². The van der Waals surface area contributed by atoms with Crippen LogP contribution in [0.5, 0.6) is 0 Å². The predicted octanol–water partition coefficient (Wildman–Crippen LogP) is 4.02. The molecule has 0 aliphatic heterocycles. The van der Waals surface area contributed by atoms with E-state index in [4.69, 9.17) is 11.6 Å². The number of hydrogen-bond donors (Lipinski definition) is 0. The highest BCUT2D eigenvalue weighted by atomic mass is 35.5. The summed E-state index contributed by atoms with van der Waals surface area (Å²) in [5.41, 5.74) is 3.53. The molecule has 1 aromatic carbocycles. The Balaban J connectivity index is 2.24. The topological polar surface area (TPSA) is 17.8 Å². The van der Waals surface area contributed by atoms with Crippen molar-refractivity contribution in [2.45, 2.75) is 33.2 Å². The number of halogens is 1. The Hall–Kier alpha value is -1.28. The molecule has 0 unspecified atom stereocenters. The summed E-state index contributed by atoms with van der Waals surface area (Å²) in [5.74, 6) is 0.409. The number of nitrogens with zero attached hydrogens (tertiary/aromatic N) is 2. The van der Waals surface area contributed by atoms with E-state index in [0.29, 0.717) is 11.1 Å². The van der Waals surface area contributed by atoms with Crippen molar-refractivity contribution in [2.24, 2.45) is 0 Å². The van der Waals surface area contributed by atoms with Gasteiger partial charge in [-0.1, -0.05) is 55.3 Å². The van der Waals surface area contributed by atoms with E-state index in [9.17, 15) is 0 Å². The number of benzene rings is 1. The molecule has 0 amide bonds. The molecular weight excluding hydrogens is 232 g/mol. The molecule has 0 atom stereocenters. The summed E-state index contributed by atoms with van der Waals surface area (Å²) in [5, 5.41) is 5.22. The first-order valence-corrected chi connectivity index (χ1v) is 6.23. The third-order valence-electron chi connectivity index (χ3n) is 2.76. The van der Waals surface area contributed by atoms with Crippen LogP contribution in [0.1, 0.15) is 36.6 Å². The monoisotopic (exact) mass is 248 g/mol. The minimum Gasteiger partial charge on any atom is -0.249 e. The summed E-state index contributed by atoms with van der Waals surface area (Å²) in [6, 6.07) is 10.4. The second-order valence-electron chi connectivity index (χ2n) is 4.69. The van der Waals surface area contributed by atoms with E-state index in [1.54, 1.807) is 0 Å². The molecule has 17 heavy (non-hydrogen) atoms. The quantitative estimate of drug-likeness (QED) is 0.802. The van der Waals surface area contributed by atoms with Crippen molar-refractivity contribution in [2.75, 3.05) is 0 Å². The molecule has 0 saturated heterocycles. The standard InChI is InChI=1S/C14H17ClN2/c1-10(2)13-8-14(15)17(16-13)9-12-6-4-5-11(3)7-12/h4-8,10H,9H2,1-3H3. The van der Waals surface area contributed by atoms with Gasteiger partial charge in [0.1, 0.15) is 5.15 Å². The van der Waals surface area contributed by atoms with Crippen LogP contribution >= 0.6 is 11.6 Å². The fourth-order valence-electron chi connectivity index (χ4n) is 1.79. The Morgan fingerprint density at radius 2 is 2.06 bits per heavy atom. The molecule has 1 heterocycles. The van der Waals surface area contributed by atoms with E-state index in [1.165, 1.54) is 11.1 Å². The normalized spacial score (nSPS) is 11.1. The smallest absolute Gasteiger partial charge is 0.127 e. The van der Waals surface area contributed by atoms with Gasteiger partial charge < -0.3 is 0 Å². The summed E-state index contributed by atoms with van der Waals surface area (Å²) < 4.78 is 1.85. The Labute approximate surface area is 107 Å². The molecule has 2 nitrogen and oxygen atoms in total. The van der Waals surface area contributed by atoms with Crippen molar-refractivity contribution in [1.82, 2.24) is 9.78 Å². The second kappa shape index (κ2) is 4.92. The summed E-state index contributed by atoms with van der Waals surface area (Å²) in [4.78, 5) is 0. The fourth-order valence-corrected chi connectivity index (χ4v) is 2.00. The van der Waals surface area contributed by atoms with Gasteiger partial charge in [-0.05, 0) is 24.5 Å². The van der Waals surface area contributed by atoms with E-state index in [-0.39, 0.29) is 0 Å². The lowest BCUT2D eigenvalue weighted by Crippen LogP contribution is -2.03. The Morgan fingerprint density at radius 1 is 1.29 bits per heavy atom. The van der Waals surface area contributed by atoms with E-state index in [2.05, 4.69) is 50.1 Å². The lowest BCUT2D eigenvalue weighted by atomic mass is 10.1. The zero-order valence-electron chi connectivity index (χ0n) is 10.4. The Morgan fingerprint density at radius 3 is 2.65 bits per heavy atom. The fraction of sp³-hybridized carbons (Fsp3) is 0.357. The van der Waals surface area contributed by atoms with E-state index in [1.807, 2.05) is 10.7 Å². The van der Waals surface area contributed by atoms with Crippen molar-refractivity contribution in [3.63, 3.8) is 0 Å². The summed E-state index contributed by atoms with van der Waals surface area (Å²) in [6.07, 6.45) is 0. The zero-order valence-corrected chi connectivity index (χ0v) is 11.2. The molecule has 90 valence electrons. The first-order valence-electron chi connectivity index (χ1n) is 5.85. The molecule has 1 aromatic heterocycles. The molecule has 2 rings (SSSR count). The van der Waals surface area contributed by atoms with Crippen molar-refractivity contribution in [1.29, 1.82) is 0 Å². The largest absolute Gasteiger partial charge is 0.249 e. The van der Waals surface area contributed by atoms with Gasteiger partial charge >= 0.3 is 0 Å². The van der Waals surface area contributed by atoms with Gasteiger partial charge in [-0.25, -0.2) is 4.68 Å². The number of hydrogen-bond acceptors (Lipinski definition) is 1. The van der Waals surface area contributed by atoms with Crippen LogP contribution in [0.4, 0.5) is 0 Å². The van der Waals surface area contributed by atoms with E-state index >= 15 is 0 Å². The molecule has 0 saturated carbocycles. The third kappa shape index (κ3) is 2.89. The summed E-state index contributed by atoms with van der Waals surface area (Å²) in [6.45, 7) is 7.06. The summed E-state index contributed by atoms with van der Waals surface area (Å²) in [7, 11) is 0. The number of aryl methyl sites for hydroxylation is 1. The minimum atomic E-state index is 0.409. The molecule has 0 aliphatic carbocycles. The maximum atomic E-state index is 6.18. The third-order valence-corrected chi connectivity index (χ3v) is 3.06. The molecule has 0 bridgehead atoms. The van der Waals surface area contributed by atoms with Crippen LogP contribution in [0.3, 0.4) is 0 Å². The Kier molecular flexibility index (Phi) is 3.53. The molecule has 0 spiro atoms. The highest BCUT2D eigenvalue weighted by Gasteiger charge is 2.09. The zero-order chi connectivity index (χ0) is 12.4. The predicted molar refractivity (Wildman–Crippen MR) is 71.6 cm³/mol. The van der Waals surface area contributed by atoms with Crippen LogP contribution in [0.2, 0.25) is 5.15 Å². The van der Waals surface area contributed by atoms with Crippen LogP contribution in [0, 0.1) is 6.92 Å². The second-order valence-corrected chi connectivity index (χ2v) is 5.08. The van der Waals surface area contributed by atoms with Crippen LogP contribution in [0.25, 0.3) is 0 Å². The molecule has 0 fully saturated rings. The maximum absolute atomic E-state index is 6.18. The van der Waals surface area contributed by atoms with Gasteiger partial charge in [0.05, 0.1) is 12.2 Å². The highest BCUT2D eigenvalue weighted by molar-refractivity contribution is 6.29. The molecule has 0 N–H and O–H groups in total. The average Bonchev–Trinajstić information content (AvgIpc) is 2.61. The van der Waals surface area contributed by atoms with E-state index < -0.39 is 0 Å². The molecule has 2 aromatic rings. The minimum absolute atomic E-state index is 0.409. The molecule has 3 heteroatoms. The lowest BCUT2D eigenvalue weighted by molar-refractivity contribution is 0.657. The van der Waals surface area contributed by atoms with Gasteiger partial charge in [0.2, 0.25) is 0 Å². The average molecular weight is 249 g/mol. The van der Waals surface area contributed by atoms with Crippen LogP contribution in [0.15, 0.2) is 30.3 Å². The Bertz CT molecular complexity index is 515. The van der Waals surface area contributed by atoms with Crippen molar-refractivity contribution in [3.05, 3.63) is 52.3 Å². The highest BCUT2D eigenvalue weighted by Crippen LogP contribution is 2.19. The SMILES string of the molecule is Cc1cccc(Cn2nc(C(C)C)cc2Cl)c1. The number of rotatable bonds is 3. The number of aromatic nitrogens is 2. The van der Waals surface area contributed by atoms with Gasteiger partial charge in [0.25, 0.3) is 0 Å². The van der Waals surface area contributed by atoms with Gasteiger partial charge in [-0.15, -0.1) is 0 Å². The van der Waals surface area contributed by atoms with Crippen LogP contribution < -0.4 is 0 Å². The van der Waals surface area contributed by atoms with Gasteiger partial charge in [0, 0.05) is 0 Å². The maximum Gasteiger partial charge on any atom is 0.127 e. The van der Waals surface area contributed by atoms with Gasteiger partial charge in [-0.2, -0.15) is 5.10 Å². The van der Waals surface area contributed by atoms with Crippen LogP contribution in [-0.2, 0) is 6.54 Å². The molecular formula is C14H17ClN2. The van der Waals surface area contributed by atoms with Crippen molar-refractivity contribution >= 4 is 11.6 Å². The molecule has 0 radical (unpaired) electrons. The molecule has 0 aliphatic rings. The van der Waals surface area contributed by atoms with Crippen LogP contribution in [-0.4, -0.2) is 9.78 Å². The first-order chi connectivity index (χ1) is 8.06. The van der Waals surface area contributed by atoms with Gasteiger partial charge in [0.15, 0.2) is 0 Å². The lowest BCUT2D eigenvalue weighted by Gasteiger charge is -2.04.